The Morgan fingerprint density at radius 1 is 1.30 bits per heavy atom. The number of hydrogen-bond acceptors (Lipinski definition) is 4. The van der Waals surface area contributed by atoms with Crippen molar-refractivity contribution in [2.24, 2.45) is 0 Å². The molecule has 2 aromatic rings. The zero-order chi connectivity index (χ0) is 14.2. The highest BCUT2D eigenvalue weighted by Crippen LogP contribution is 2.40. The normalized spacial score (nSPS) is 18.4. The molecule has 5 nitrogen and oxygen atoms in total. The molecule has 3 heterocycles. The molecule has 0 atom stereocenters. The van der Waals surface area contributed by atoms with E-state index in [-0.39, 0.29) is 5.60 Å². The van der Waals surface area contributed by atoms with Gasteiger partial charge in [0.05, 0.1) is 7.11 Å². The van der Waals surface area contributed by atoms with E-state index < -0.39 is 0 Å². The Morgan fingerprint density at radius 3 is 2.70 bits per heavy atom. The summed E-state index contributed by atoms with van der Waals surface area (Å²) in [6.45, 7) is 3.45. The van der Waals surface area contributed by atoms with Crippen molar-refractivity contribution in [3.63, 3.8) is 0 Å². The standard InChI is InChI=1S/C15H20N2O3/c1-11-9-16-14-8-13(18-2)12(10-17(11)14)15(19-3)4-6-20-7-5-15/h8-10H,4-7H2,1-3H3. The molecule has 20 heavy (non-hydrogen) atoms. The Balaban J connectivity index is 2.19. The van der Waals surface area contributed by atoms with E-state index >= 15 is 0 Å². The SMILES string of the molecule is COc1cc2ncc(C)n2cc1C1(OC)CCOCC1. The molecule has 0 saturated carbocycles. The van der Waals surface area contributed by atoms with Crippen molar-refractivity contribution < 1.29 is 14.2 Å². The van der Waals surface area contributed by atoms with Gasteiger partial charge in [0, 0.05) is 62.9 Å². The van der Waals surface area contributed by atoms with E-state index in [0.29, 0.717) is 13.2 Å². The van der Waals surface area contributed by atoms with Gasteiger partial charge >= 0.3 is 0 Å². The molecular formula is C15H20N2O3. The Morgan fingerprint density at radius 2 is 2.05 bits per heavy atom. The van der Waals surface area contributed by atoms with Gasteiger partial charge in [0.2, 0.25) is 0 Å². The van der Waals surface area contributed by atoms with E-state index in [0.717, 1.165) is 35.5 Å². The predicted molar refractivity (Wildman–Crippen MR) is 75.2 cm³/mol. The van der Waals surface area contributed by atoms with Gasteiger partial charge in [-0.25, -0.2) is 4.98 Å². The van der Waals surface area contributed by atoms with Crippen LogP contribution in [0.4, 0.5) is 0 Å². The van der Waals surface area contributed by atoms with Crippen LogP contribution in [0.5, 0.6) is 5.75 Å². The van der Waals surface area contributed by atoms with Crippen LogP contribution < -0.4 is 4.74 Å². The second kappa shape index (κ2) is 5.07. The fourth-order valence-electron chi connectivity index (χ4n) is 2.92. The number of methoxy groups -OCH3 is 2. The van der Waals surface area contributed by atoms with E-state index in [1.165, 1.54) is 0 Å². The third-order valence-electron chi connectivity index (χ3n) is 4.20. The summed E-state index contributed by atoms with van der Waals surface area (Å²) in [6.07, 6.45) is 5.62. The Bertz CT molecular complexity index is 615. The first-order valence-electron chi connectivity index (χ1n) is 6.85. The van der Waals surface area contributed by atoms with Gasteiger partial charge < -0.3 is 18.6 Å². The van der Waals surface area contributed by atoms with Gasteiger partial charge in [-0.3, -0.25) is 0 Å². The average Bonchev–Trinajstić information content (AvgIpc) is 2.87. The van der Waals surface area contributed by atoms with Crippen LogP contribution in [0.15, 0.2) is 18.5 Å². The van der Waals surface area contributed by atoms with Gasteiger partial charge in [-0.15, -0.1) is 0 Å². The van der Waals surface area contributed by atoms with Crippen molar-refractivity contribution in [3.8, 4) is 5.75 Å². The van der Waals surface area contributed by atoms with Gasteiger partial charge in [-0.2, -0.15) is 0 Å². The number of rotatable bonds is 3. The van der Waals surface area contributed by atoms with Crippen LogP contribution in [-0.4, -0.2) is 36.8 Å². The minimum Gasteiger partial charge on any atom is -0.496 e. The number of aryl methyl sites for hydroxylation is 1. The third-order valence-corrected chi connectivity index (χ3v) is 4.20. The lowest BCUT2D eigenvalue weighted by molar-refractivity contribution is -0.0959. The summed E-state index contributed by atoms with van der Waals surface area (Å²) < 4.78 is 19.0. The molecule has 108 valence electrons. The van der Waals surface area contributed by atoms with E-state index in [1.54, 1.807) is 14.2 Å². The van der Waals surface area contributed by atoms with Crippen molar-refractivity contribution in [3.05, 3.63) is 29.7 Å². The molecule has 0 unspecified atom stereocenters. The van der Waals surface area contributed by atoms with Gasteiger partial charge in [-0.1, -0.05) is 0 Å². The summed E-state index contributed by atoms with van der Waals surface area (Å²) in [5.41, 5.74) is 2.72. The first kappa shape index (κ1) is 13.4. The third kappa shape index (κ3) is 1.98. The number of nitrogens with zero attached hydrogens (tertiary/aromatic N) is 2. The lowest BCUT2D eigenvalue weighted by Crippen LogP contribution is -2.36. The molecular weight excluding hydrogens is 256 g/mol. The fraction of sp³-hybridized carbons (Fsp3) is 0.533. The molecule has 1 aliphatic rings. The average molecular weight is 276 g/mol. The van der Waals surface area contributed by atoms with Crippen LogP contribution in [-0.2, 0) is 15.1 Å². The van der Waals surface area contributed by atoms with Gasteiger partial charge in [0.15, 0.2) is 0 Å². The molecule has 1 fully saturated rings. The highest BCUT2D eigenvalue weighted by molar-refractivity contribution is 5.51. The maximum Gasteiger partial charge on any atom is 0.140 e. The van der Waals surface area contributed by atoms with Crippen molar-refractivity contribution in [1.29, 1.82) is 0 Å². The van der Waals surface area contributed by atoms with Crippen LogP contribution in [0.3, 0.4) is 0 Å². The molecule has 2 aromatic heterocycles. The highest BCUT2D eigenvalue weighted by atomic mass is 16.5. The second-order valence-corrected chi connectivity index (χ2v) is 5.19. The number of fused-ring (bicyclic) bond motifs is 1. The second-order valence-electron chi connectivity index (χ2n) is 5.19. The molecule has 5 heteroatoms. The van der Waals surface area contributed by atoms with Crippen LogP contribution >= 0.6 is 0 Å². The van der Waals surface area contributed by atoms with Crippen molar-refractivity contribution in [2.45, 2.75) is 25.4 Å². The fourth-order valence-corrected chi connectivity index (χ4v) is 2.92. The first-order valence-corrected chi connectivity index (χ1v) is 6.85. The lowest BCUT2D eigenvalue weighted by Gasteiger charge is -2.37. The van der Waals surface area contributed by atoms with Crippen molar-refractivity contribution in [1.82, 2.24) is 9.38 Å². The van der Waals surface area contributed by atoms with Gasteiger partial charge in [-0.05, 0) is 6.92 Å². The van der Waals surface area contributed by atoms with E-state index in [2.05, 4.69) is 15.6 Å². The maximum absolute atomic E-state index is 5.88. The van der Waals surface area contributed by atoms with Crippen molar-refractivity contribution >= 4 is 5.65 Å². The molecule has 3 rings (SSSR count). The molecule has 0 spiro atoms. The zero-order valence-corrected chi connectivity index (χ0v) is 12.2. The summed E-state index contributed by atoms with van der Waals surface area (Å²) in [5.74, 6) is 0.826. The van der Waals surface area contributed by atoms with Crippen LogP contribution in [0.1, 0.15) is 24.1 Å². The monoisotopic (exact) mass is 276 g/mol. The van der Waals surface area contributed by atoms with Crippen molar-refractivity contribution in [2.75, 3.05) is 27.4 Å². The summed E-state index contributed by atoms with van der Waals surface area (Å²) >= 11 is 0. The largest absolute Gasteiger partial charge is 0.496 e. The van der Waals surface area contributed by atoms with E-state index in [1.807, 2.05) is 19.2 Å². The lowest BCUT2D eigenvalue weighted by atomic mass is 9.86. The molecule has 1 aliphatic heterocycles. The minimum atomic E-state index is -0.339. The topological polar surface area (TPSA) is 45.0 Å². The Hall–Kier alpha value is -1.59. The van der Waals surface area contributed by atoms with Gasteiger partial charge in [0.1, 0.15) is 17.0 Å². The van der Waals surface area contributed by atoms with Crippen LogP contribution in [0.2, 0.25) is 0 Å². The maximum atomic E-state index is 5.88. The molecule has 0 bridgehead atoms. The molecule has 0 aromatic carbocycles. The summed E-state index contributed by atoms with van der Waals surface area (Å²) in [6, 6.07) is 1.97. The van der Waals surface area contributed by atoms with Crippen LogP contribution in [0.25, 0.3) is 5.65 Å². The van der Waals surface area contributed by atoms with E-state index in [9.17, 15) is 0 Å². The first-order chi connectivity index (χ1) is 9.70. The molecule has 0 radical (unpaired) electrons. The van der Waals surface area contributed by atoms with Crippen LogP contribution in [0, 0.1) is 6.92 Å². The molecule has 0 N–H and O–H groups in total. The molecule has 0 amide bonds. The Kier molecular flexibility index (Phi) is 3.40. The number of imidazole rings is 1. The number of hydrogen-bond donors (Lipinski definition) is 0. The number of ether oxygens (including phenoxy) is 3. The smallest absolute Gasteiger partial charge is 0.140 e. The minimum absolute atomic E-state index is 0.339. The molecule has 0 aliphatic carbocycles. The van der Waals surface area contributed by atoms with Gasteiger partial charge in [0.25, 0.3) is 0 Å². The molecule has 1 saturated heterocycles. The summed E-state index contributed by atoms with van der Waals surface area (Å²) in [4.78, 5) is 4.38. The Labute approximate surface area is 118 Å². The summed E-state index contributed by atoms with van der Waals surface area (Å²) in [7, 11) is 3.45. The quantitative estimate of drug-likeness (QED) is 0.863. The highest BCUT2D eigenvalue weighted by Gasteiger charge is 2.37. The van der Waals surface area contributed by atoms with E-state index in [4.69, 9.17) is 14.2 Å². The predicted octanol–water partition coefficient (Wildman–Crippen LogP) is 2.30. The zero-order valence-electron chi connectivity index (χ0n) is 12.2. The summed E-state index contributed by atoms with van der Waals surface area (Å²) in [5, 5.41) is 0. The number of pyridine rings is 1. The number of aromatic nitrogens is 2.